The van der Waals surface area contributed by atoms with Gasteiger partial charge in [-0.15, -0.1) is 0 Å². The van der Waals surface area contributed by atoms with Crippen LogP contribution in [0, 0.1) is 0 Å². The summed E-state index contributed by atoms with van der Waals surface area (Å²) in [5, 5.41) is 6.32. The number of nitrogens with zero attached hydrogens (tertiary/aromatic N) is 1. The first kappa shape index (κ1) is 24.9. The van der Waals surface area contributed by atoms with Gasteiger partial charge in [-0.2, -0.15) is 0 Å². The Balaban J connectivity index is 1.14. The topological polar surface area (TPSA) is 3.24 Å². The highest BCUT2D eigenvalue weighted by Gasteiger charge is 2.15. The Kier molecular flexibility index (Phi) is 6.33. The van der Waals surface area contributed by atoms with Crippen LogP contribution >= 0.6 is 0 Å². The first-order chi connectivity index (χ1) is 30.6. The molecular weight excluding hydrogens is 663 g/mol. The van der Waals surface area contributed by atoms with Crippen molar-refractivity contribution in [3.63, 3.8) is 0 Å². The Morgan fingerprint density at radius 1 is 0.273 bits per heavy atom. The lowest BCUT2D eigenvalue weighted by Gasteiger charge is -2.26. The molecule has 0 saturated heterocycles. The molecule has 0 aliphatic carbocycles. The van der Waals surface area contributed by atoms with Gasteiger partial charge in [0.2, 0.25) is 0 Å². The van der Waals surface area contributed by atoms with Crippen molar-refractivity contribution in [2.75, 3.05) is 4.90 Å². The zero-order valence-electron chi connectivity index (χ0n) is 37.7. The normalized spacial score (nSPS) is 13.3. The zero-order chi connectivity index (χ0) is 43.5. The van der Waals surface area contributed by atoms with Crippen molar-refractivity contribution in [2.45, 2.75) is 0 Å². The summed E-state index contributed by atoms with van der Waals surface area (Å²) in [6.07, 6.45) is 0. The van der Waals surface area contributed by atoms with Crippen LogP contribution in [-0.2, 0) is 0 Å². The van der Waals surface area contributed by atoms with Crippen molar-refractivity contribution in [2.24, 2.45) is 0 Å². The minimum atomic E-state index is -0.388. The van der Waals surface area contributed by atoms with Crippen molar-refractivity contribution in [1.29, 1.82) is 0 Å². The fraction of sp³-hybridized carbons (Fsp3) is 0. The maximum absolute atomic E-state index is 9.54. The van der Waals surface area contributed by atoms with Crippen LogP contribution in [0.1, 0.15) is 11.0 Å². The molecule has 0 amide bonds. The maximum atomic E-state index is 9.54. The molecule has 55 heavy (non-hydrogen) atoms. The van der Waals surface area contributed by atoms with Gasteiger partial charge in [-0.3, -0.25) is 0 Å². The smallest absolute Gasteiger partial charge is 0.0645 e. The number of anilines is 3. The van der Waals surface area contributed by atoms with Gasteiger partial charge in [-0.25, -0.2) is 0 Å². The highest BCUT2D eigenvalue weighted by atomic mass is 15.1. The third-order valence-electron chi connectivity index (χ3n) is 10.2. The van der Waals surface area contributed by atoms with E-state index in [2.05, 4.69) is 36.4 Å². The molecular formula is C54H37N. The van der Waals surface area contributed by atoms with E-state index in [4.69, 9.17) is 0 Å². The van der Waals surface area contributed by atoms with Crippen LogP contribution < -0.4 is 4.90 Å². The predicted molar refractivity (Wildman–Crippen MR) is 235 cm³/mol. The summed E-state index contributed by atoms with van der Waals surface area (Å²) in [7, 11) is 0. The number of hydrogen-bond donors (Lipinski definition) is 0. The number of rotatable bonds is 7. The molecule has 10 rings (SSSR count). The van der Waals surface area contributed by atoms with Crippen LogP contribution in [0.5, 0.6) is 0 Å². The SMILES string of the molecule is [2H]c1c([2H])c(N(c2ccc(-c3cccc(-c4cccc5ccccc45)c3)cc2)c2c([2H])c([2H])c(-c3ccc4c(ccc5ccccc54)c3)c([2H])c2[2H])c([2H])c([2H])c1-c1ccccc1. The molecule has 0 aliphatic rings. The van der Waals surface area contributed by atoms with Gasteiger partial charge >= 0.3 is 0 Å². The quantitative estimate of drug-likeness (QED) is 0.149. The van der Waals surface area contributed by atoms with Crippen LogP contribution in [-0.4, -0.2) is 0 Å². The monoisotopic (exact) mass is 707 g/mol. The van der Waals surface area contributed by atoms with E-state index in [-0.39, 0.29) is 70.8 Å². The molecule has 10 aromatic rings. The van der Waals surface area contributed by atoms with Crippen LogP contribution in [0.2, 0.25) is 0 Å². The van der Waals surface area contributed by atoms with Gasteiger partial charge in [-0.05, 0) is 125 Å². The second kappa shape index (κ2) is 14.0. The lowest BCUT2D eigenvalue weighted by molar-refractivity contribution is 1.28. The summed E-state index contributed by atoms with van der Waals surface area (Å²) in [5.74, 6) is 0. The molecule has 0 aromatic heterocycles. The van der Waals surface area contributed by atoms with Gasteiger partial charge in [0.25, 0.3) is 0 Å². The fourth-order valence-corrected chi connectivity index (χ4v) is 7.41. The van der Waals surface area contributed by atoms with Crippen LogP contribution in [0.25, 0.3) is 76.8 Å². The van der Waals surface area contributed by atoms with Crippen molar-refractivity contribution in [1.82, 2.24) is 0 Å². The summed E-state index contributed by atoms with van der Waals surface area (Å²) in [4.78, 5) is 1.35. The maximum Gasteiger partial charge on any atom is 0.0645 e. The summed E-state index contributed by atoms with van der Waals surface area (Å²) in [6.45, 7) is 0. The molecule has 0 atom stereocenters. The second-order valence-electron chi connectivity index (χ2n) is 13.5. The highest BCUT2D eigenvalue weighted by Crippen LogP contribution is 2.39. The number of fused-ring (bicyclic) bond motifs is 4. The van der Waals surface area contributed by atoms with E-state index >= 15 is 0 Å². The molecule has 10 aromatic carbocycles. The molecule has 258 valence electrons. The van der Waals surface area contributed by atoms with E-state index < -0.39 is 0 Å². The highest BCUT2D eigenvalue weighted by molar-refractivity contribution is 6.08. The van der Waals surface area contributed by atoms with E-state index in [0.29, 0.717) is 16.8 Å². The molecule has 0 heterocycles. The molecule has 1 heteroatoms. The van der Waals surface area contributed by atoms with E-state index in [0.717, 1.165) is 54.6 Å². The zero-order valence-corrected chi connectivity index (χ0v) is 29.7. The van der Waals surface area contributed by atoms with E-state index in [9.17, 15) is 11.0 Å². The molecule has 0 aliphatic heterocycles. The average Bonchev–Trinajstić information content (AvgIpc) is 3.32. The van der Waals surface area contributed by atoms with E-state index in [1.165, 1.54) is 4.90 Å². The van der Waals surface area contributed by atoms with Crippen molar-refractivity contribution in [3.8, 4) is 44.5 Å². The minimum absolute atomic E-state index is 0.115. The fourth-order valence-electron chi connectivity index (χ4n) is 7.41. The standard InChI is InChI=1S/C54H37N/c1-2-10-38(11-3-1)39-22-29-48(30-23-39)55(50-33-26-41(27-34-50)45-28-35-54-47(37-45)21-20-43-13-5-7-18-52(43)54)49-31-24-40(25-32-49)44-15-8-16-46(36-44)53-19-9-14-42-12-4-6-17-51(42)53/h1-37H/i22D,23D,26D,27D,29D,30D,33D,34D. The first-order valence-electron chi connectivity index (χ1n) is 22.3. The van der Waals surface area contributed by atoms with Gasteiger partial charge < -0.3 is 4.90 Å². The van der Waals surface area contributed by atoms with Crippen molar-refractivity contribution < 1.29 is 11.0 Å². The van der Waals surface area contributed by atoms with Crippen LogP contribution in [0.4, 0.5) is 17.1 Å². The van der Waals surface area contributed by atoms with Crippen molar-refractivity contribution in [3.05, 3.63) is 224 Å². The molecule has 0 saturated carbocycles. The summed E-state index contributed by atoms with van der Waals surface area (Å²) in [5.41, 5.74) is 5.15. The molecule has 0 bridgehead atoms. The molecule has 0 radical (unpaired) electrons. The number of hydrogen-bond acceptors (Lipinski definition) is 1. The summed E-state index contributed by atoms with van der Waals surface area (Å²) < 4.78 is 75.1. The van der Waals surface area contributed by atoms with Crippen LogP contribution in [0.3, 0.4) is 0 Å². The Morgan fingerprint density at radius 3 is 1.51 bits per heavy atom. The van der Waals surface area contributed by atoms with Gasteiger partial charge in [-0.1, -0.05) is 176 Å². The Hall–Kier alpha value is -7.22. The third-order valence-corrected chi connectivity index (χ3v) is 10.2. The average molecular weight is 708 g/mol. The lowest BCUT2D eigenvalue weighted by atomic mass is 9.95. The third kappa shape index (κ3) is 6.22. The predicted octanol–water partition coefficient (Wildman–Crippen LogP) is 15.3. The van der Waals surface area contributed by atoms with Gasteiger partial charge in [0.15, 0.2) is 0 Å². The van der Waals surface area contributed by atoms with Crippen molar-refractivity contribution >= 4 is 49.4 Å². The Morgan fingerprint density at radius 2 is 0.764 bits per heavy atom. The molecule has 0 unspecified atom stereocenters. The molecule has 0 fully saturated rings. The lowest BCUT2D eigenvalue weighted by Crippen LogP contribution is -2.09. The molecule has 0 spiro atoms. The van der Waals surface area contributed by atoms with Gasteiger partial charge in [0.05, 0.1) is 11.0 Å². The van der Waals surface area contributed by atoms with E-state index in [1.54, 1.807) is 36.4 Å². The minimum Gasteiger partial charge on any atom is -0.311 e. The Labute approximate surface area is 333 Å². The Bertz CT molecular complexity index is 3380. The van der Waals surface area contributed by atoms with Crippen LogP contribution in [0.15, 0.2) is 224 Å². The van der Waals surface area contributed by atoms with Gasteiger partial charge in [0, 0.05) is 17.1 Å². The van der Waals surface area contributed by atoms with E-state index in [1.807, 2.05) is 103 Å². The first-order valence-corrected chi connectivity index (χ1v) is 18.3. The second-order valence-corrected chi connectivity index (χ2v) is 13.5. The van der Waals surface area contributed by atoms with Gasteiger partial charge in [0.1, 0.15) is 0 Å². The number of benzene rings is 10. The summed E-state index contributed by atoms with van der Waals surface area (Å²) >= 11 is 0. The summed E-state index contributed by atoms with van der Waals surface area (Å²) in [6, 6.07) is 53.8. The molecule has 0 N–H and O–H groups in total. The largest absolute Gasteiger partial charge is 0.311 e. The molecule has 1 nitrogen and oxygen atoms in total.